The van der Waals surface area contributed by atoms with Crippen LogP contribution in [0.2, 0.25) is 0 Å². The molecule has 3 heteroatoms. The summed E-state index contributed by atoms with van der Waals surface area (Å²) in [4.78, 5) is 11.0. The first-order chi connectivity index (χ1) is 4.64. The van der Waals surface area contributed by atoms with Crippen molar-refractivity contribution in [3.8, 4) is 0 Å². The molecule has 0 aromatic rings. The third-order valence-corrected chi connectivity index (χ3v) is 3.21. The molecule has 2 aliphatic rings. The molecular weight excluding hydrogens is 171 g/mol. The third kappa shape index (κ3) is 0.678. The first kappa shape index (κ1) is 6.68. The van der Waals surface area contributed by atoms with Gasteiger partial charge in [0.1, 0.15) is 4.33 Å². The van der Waals surface area contributed by atoms with Crippen molar-refractivity contribution in [1.82, 2.24) is 0 Å². The Kier molecular flexibility index (Phi) is 1.19. The van der Waals surface area contributed by atoms with E-state index in [4.69, 9.17) is 23.2 Å². The summed E-state index contributed by atoms with van der Waals surface area (Å²) >= 11 is 11.6. The van der Waals surface area contributed by atoms with E-state index in [1.807, 2.05) is 6.08 Å². The SMILES string of the molecule is O=C1C=CC[C@H]2[C@@H]1C2(Cl)Cl. The smallest absolute Gasteiger partial charge is 0.161 e. The van der Waals surface area contributed by atoms with Crippen molar-refractivity contribution in [2.24, 2.45) is 11.8 Å². The van der Waals surface area contributed by atoms with E-state index in [1.165, 1.54) is 0 Å². The second kappa shape index (κ2) is 1.77. The van der Waals surface area contributed by atoms with Gasteiger partial charge in [0.2, 0.25) is 0 Å². The molecule has 0 aliphatic heterocycles. The van der Waals surface area contributed by atoms with Crippen LogP contribution < -0.4 is 0 Å². The zero-order valence-corrected chi connectivity index (χ0v) is 6.69. The summed E-state index contributed by atoms with van der Waals surface area (Å²) < 4.78 is -0.749. The fraction of sp³-hybridized carbons (Fsp3) is 0.571. The van der Waals surface area contributed by atoms with E-state index < -0.39 is 4.33 Å². The Balaban J connectivity index is 2.27. The number of carbonyl (C=O) groups excluding carboxylic acids is 1. The number of rotatable bonds is 0. The van der Waals surface area contributed by atoms with Crippen LogP contribution in [-0.4, -0.2) is 10.1 Å². The molecule has 54 valence electrons. The van der Waals surface area contributed by atoms with Crippen molar-refractivity contribution >= 4 is 29.0 Å². The Morgan fingerprint density at radius 3 is 2.80 bits per heavy atom. The zero-order chi connectivity index (χ0) is 7.35. The zero-order valence-electron chi connectivity index (χ0n) is 5.18. The first-order valence-corrected chi connectivity index (χ1v) is 3.98. The van der Waals surface area contributed by atoms with Gasteiger partial charge in [-0.2, -0.15) is 0 Å². The Bertz CT molecular complexity index is 220. The summed E-state index contributed by atoms with van der Waals surface area (Å²) in [6.07, 6.45) is 4.27. The largest absolute Gasteiger partial charge is 0.294 e. The molecule has 0 saturated heterocycles. The highest BCUT2D eigenvalue weighted by Crippen LogP contribution is 2.62. The summed E-state index contributed by atoms with van der Waals surface area (Å²) in [5.74, 6) is 0.162. The van der Waals surface area contributed by atoms with Crippen LogP contribution in [0.25, 0.3) is 0 Å². The molecule has 1 fully saturated rings. The van der Waals surface area contributed by atoms with Crippen molar-refractivity contribution in [3.05, 3.63) is 12.2 Å². The Labute approximate surface area is 69.0 Å². The molecule has 0 N–H and O–H groups in total. The predicted octanol–water partition coefficient (Wildman–Crippen LogP) is 1.94. The van der Waals surface area contributed by atoms with Crippen molar-refractivity contribution in [1.29, 1.82) is 0 Å². The first-order valence-electron chi connectivity index (χ1n) is 3.22. The van der Waals surface area contributed by atoms with Crippen molar-refractivity contribution in [2.75, 3.05) is 0 Å². The third-order valence-electron chi connectivity index (χ3n) is 2.18. The molecule has 0 spiro atoms. The van der Waals surface area contributed by atoms with Gasteiger partial charge >= 0.3 is 0 Å². The van der Waals surface area contributed by atoms with E-state index in [0.717, 1.165) is 6.42 Å². The molecular formula is C7H6Cl2O. The predicted molar refractivity (Wildman–Crippen MR) is 40.2 cm³/mol. The maximum absolute atomic E-state index is 11.0. The Morgan fingerprint density at radius 2 is 2.30 bits per heavy atom. The lowest BCUT2D eigenvalue weighted by atomic mass is 10.1. The van der Waals surface area contributed by atoms with E-state index in [9.17, 15) is 4.79 Å². The summed E-state index contributed by atoms with van der Waals surface area (Å²) in [6.45, 7) is 0. The summed E-state index contributed by atoms with van der Waals surface area (Å²) in [6, 6.07) is 0. The molecule has 0 aromatic heterocycles. The van der Waals surface area contributed by atoms with E-state index >= 15 is 0 Å². The van der Waals surface area contributed by atoms with Gasteiger partial charge in [-0.1, -0.05) is 6.08 Å². The standard InChI is InChI=1S/C7H6Cl2O/c8-7(9)4-2-1-3-5(10)6(4)7/h1,3-4,6H,2H2/t4-,6-/m0/s1. The minimum absolute atomic E-state index is 0.0845. The van der Waals surface area contributed by atoms with Gasteiger partial charge in [0.25, 0.3) is 0 Å². The fourth-order valence-corrected chi connectivity index (χ4v) is 2.33. The van der Waals surface area contributed by atoms with Crippen LogP contribution in [0.1, 0.15) is 6.42 Å². The number of ketones is 1. The highest BCUT2D eigenvalue weighted by molar-refractivity contribution is 6.53. The molecule has 2 atom stereocenters. The number of hydrogen-bond acceptors (Lipinski definition) is 1. The average molecular weight is 177 g/mol. The van der Waals surface area contributed by atoms with E-state index in [-0.39, 0.29) is 17.6 Å². The lowest BCUT2D eigenvalue weighted by molar-refractivity contribution is -0.116. The van der Waals surface area contributed by atoms with Crippen LogP contribution in [-0.2, 0) is 4.79 Å². The van der Waals surface area contributed by atoms with Crippen LogP contribution in [0.15, 0.2) is 12.2 Å². The number of carbonyl (C=O) groups is 1. The number of hydrogen-bond donors (Lipinski definition) is 0. The van der Waals surface area contributed by atoms with E-state index in [0.29, 0.717) is 0 Å². The van der Waals surface area contributed by atoms with Gasteiger partial charge in [0.15, 0.2) is 5.78 Å². The van der Waals surface area contributed by atoms with Gasteiger partial charge in [0, 0.05) is 5.92 Å². The maximum Gasteiger partial charge on any atom is 0.161 e. The van der Waals surface area contributed by atoms with Crippen LogP contribution in [0.4, 0.5) is 0 Å². The van der Waals surface area contributed by atoms with E-state index in [2.05, 4.69) is 0 Å². The second-order valence-electron chi connectivity index (χ2n) is 2.80. The van der Waals surface area contributed by atoms with Crippen molar-refractivity contribution < 1.29 is 4.79 Å². The molecule has 10 heavy (non-hydrogen) atoms. The number of alkyl halides is 2. The minimum atomic E-state index is -0.749. The molecule has 0 bridgehead atoms. The fourth-order valence-electron chi connectivity index (χ4n) is 1.51. The number of fused-ring (bicyclic) bond motifs is 1. The molecule has 2 rings (SSSR count). The summed E-state index contributed by atoms with van der Waals surface area (Å²) in [5, 5.41) is 0. The lowest BCUT2D eigenvalue weighted by Gasteiger charge is -1.95. The maximum atomic E-state index is 11.0. The highest BCUT2D eigenvalue weighted by atomic mass is 35.5. The van der Waals surface area contributed by atoms with Crippen molar-refractivity contribution in [3.63, 3.8) is 0 Å². The number of allylic oxidation sites excluding steroid dienone is 2. The molecule has 2 aliphatic carbocycles. The Hall–Kier alpha value is -0.0100. The molecule has 0 unspecified atom stereocenters. The Morgan fingerprint density at radius 1 is 1.60 bits per heavy atom. The van der Waals surface area contributed by atoms with Crippen LogP contribution in [0.5, 0.6) is 0 Å². The van der Waals surface area contributed by atoms with Gasteiger partial charge < -0.3 is 0 Å². The summed E-state index contributed by atoms with van der Waals surface area (Å²) in [5.41, 5.74) is 0. The van der Waals surface area contributed by atoms with Crippen LogP contribution >= 0.6 is 23.2 Å². The molecule has 0 heterocycles. The van der Waals surface area contributed by atoms with E-state index in [1.54, 1.807) is 6.08 Å². The van der Waals surface area contributed by atoms with Crippen LogP contribution in [0, 0.1) is 11.8 Å². The summed E-state index contributed by atoms with van der Waals surface area (Å²) in [7, 11) is 0. The van der Waals surface area contributed by atoms with Gasteiger partial charge in [-0.05, 0) is 12.5 Å². The highest BCUT2D eigenvalue weighted by Gasteiger charge is 2.66. The lowest BCUT2D eigenvalue weighted by Crippen LogP contribution is -2.03. The monoisotopic (exact) mass is 176 g/mol. The van der Waals surface area contributed by atoms with Gasteiger partial charge in [-0.3, -0.25) is 4.79 Å². The second-order valence-corrected chi connectivity index (χ2v) is 4.24. The van der Waals surface area contributed by atoms with Crippen molar-refractivity contribution in [2.45, 2.75) is 10.8 Å². The molecule has 1 saturated carbocycles. The quantitative estimate of drug-likeness (QED) is 0.516. The van der Waals surface area contributed by atoms with Gasteiger partial charge in [0.05, 0.1) is 5.92 Å². The normalized spacial score (nSPS) is 41.2. The van der Waals surface area contributed by atoms with Crippen LogP contribution in [0.3, 0.4) is 0 Å². The molecule has 0 radical (unpaired) electrons. The molecule has 0 aromatic carbocycles. The van der Waals surface area contributed by atoms with Gasteiger partial charge in [-0.25, -0.2) is 0 Å². The topological polar surface area (TPSA) is 17.1 Å². The van der Waals surface area contributed by atoms with Gasteiger partial charge in [-0.15, -0.1) is 23.2 Å². The molecule has 1 nitrogen and oxygen atoms in total. The average Bonchev–Trinajstić information content (AvgIpc) is 2.38. The number of halogens is 2. The molecule has 0 amide bonds. The minimum Gasteiger partial charge on any atom is -0.294 e.